The Labute approximate surface area is 217 Å². The molecule has 2 N–H and O–H groups in total. The quantitative estimate of drug-likeness (QED) is 0.565. The number of nitrogens with one attached hydrogen (secondary N) is 2. The summed E-state index contributed by atoms with van der Waals surface area (Å²) in [5.74, 6) is -0.646. The van der Waals surface area contributed by atoms with Gasteiger partial charge in [-0.15, -0.1) is 0 Å². The fourth-order valence-corrected chi connectivity index (χ4v) is 4.95. The van der Waals surface area contributed by atoms with Crippen LogP contribution in [0.5, 0.6) is 0 Å². The second-order valence-electron chi connectivity index (χ2n) is 11.1. The number of piperidine rings is 2. The molecule has 0 aromatic carbocycles. The third kappa shape index (κ3) is 7.41. The Morgan fingerprint density at radius 2 is 1.76 bits per heavy atom. The molecule has 4 heterocycles. The lowest BCUT2D eigenvalue weighted by molar-refractivity contribution is -0.134. The predicted octanol–water partition coefficient (Wildman–Crippen LogP) is 1.39. The summed E-state index contributed by atoms with van der Waals surface area (Å²) >= 11 is 0. The highest BCUT2D eigenvalue weighted by atomic mass is 16.6. The molecule has 11 nitrogen and oxygen atoms in total. The van der Waals surface area contributed by atoms with Crippen molar-refractivity contribution in [3.8, 4) is 0 Å². The van der Waals surface area contributed by atoms with Gasteiger partial charge in [0.1, 0.15) is 17.3 Å². The molecule has 1 aromatic heterocycles. The van der Waals surface area contributed by atoms with Crippen LogP contribution in [0.4, 0.5) is 10.5 Å². The summed E-state index contributed by atoms with van der Waals surface area (Å²) in [7, 11) is 0. The van der Waals surface area contributed by atoms with Gasteiger partial charge in [-0.05, 0) is 58.1 Å². The Balaban J connectivity index is 1.19. The average Bonchev–Trinajstić information content (AvgIpc) is 2.86. The van der Waals surface area contributed by atoms with E-state index in [0.717, 1.165) is 64.3 Å². The molecule has 0 bridgehead atoms. The van der Waals surface area contributed by atoms with Crippen LogP contribution in [0.3, 0.4) is 0 Å². The third-order valence-electron chi connectivity index (χ3n) is 7.05. The van der Waals surface area contributed by atoms with Gasteiger partial charge in [-0.25, -0.2) is 9.78 Å². The molecular formula is C26H38N6O5. The van der Waals surface area contributed by atoms with Crippen LogP contribution in [0.15, 0.2) is 18.3 Å². The molecule has 1 aromatic rings. The summed E-state index contributed by atoms with van der Waals surface area (Å²) in [4.78, 5) is 58.8. The Bertz CT molecular complexity index is 992. The van der Waals surface area contributed by atoms with Gasteiger partial charge in [0, 0.05) is 52.2 Å². The van der Waals surface area contributed by atoms with E-state index in [1.54, 1.807) is 12.3 Å². The van der Waals surface area contributed by atoms with Crippen molar-refractivity contribution >= 4 is 29.5 Å². The number of pyridine rings is 1. The lowest BCUT2D eigenvalue weighted by Gasteiger charge is -2.39. The number of hydrogen-bond acceptors (Lipinski definition) is 8. The number of amides is 4. The largest absolute Gasteiger partial charge is 0.444 e. The first-order chi connectivity index (χ1) is 17.6. The van der Waals surface area contributed by atoms with Crippen molar-refractivity contribution in [1.82, 2.24) is 25.4 Å². The number of hydrogen-bond donors (Lipinski definition) is 2. The molecule has 0 saturated carbocycles. The topological polar surface area (TPSA) is 124 Å². The molecule has 3 aliphatic heterocycles. The van der Waals surface area contributed by atoms with E-state index < -0.39 is 23.5 Å². The van der Waals surface area contributed by atoms with Crippen LogP contribution in [0.2, 0.25) is 0 Å². The van der Waals surface area contributed by atoms with Gasteiger partial charge in [0.25, 0.3) is 5.91 Å². The molecular weight excluding hydrogens is 476 g/mol. The number of nitrogens with zero attached hydrogens (tertiary/aromatic N) is 4. The van der Waals surface area contributed by atoms with E-state index in [1.165, 1.54) is 0 Å². The van der Waals surface area contributed by atoms with Crippen molar-refractivity contribution in [2.45, 2.75) is 58.1 Å². The molecule has 0 aliphatic carbocycles. The number of carbonyl (C=O) groups is 4. The number of likely N-dealkylation sites (tertiary alicyclic amines) is 1. The molecule has 37 heavy (non-hydrogen) atoms. The van der Waals surface area contributed by atoms with Gasteiger partial charge >= 0.3 is 6.09 Å². The van der Waals surface area contributed by atoms with E-state index in [4.69, 9.17) is 4.74 Å². The summed E-state index contributed by atoms with van der Waals surface area (Å²) in [6, 6.07) is 2.83. The van der Waals surface area contributed by atoms with Crippen LogP contribution in [0, 0.1) is 5.92 Å². The highest BCUT2D eigenvalue weighted by Crippen LogP contribution is 2.22. The first-order valence-corrected chi connectivity index (χ1v) is 13.1. The number of piperazine rings is 1. The lowest BCUT2D eigenvalue weighted by atomic mass is 9.96. The number of aromatic nitrogens is 1. The maximum atomic E-state index is 12.5. The summed E-state index contributed by atoms with van der Waals surface area (Å²) < 4.78 is 5.50. The summed E-state index contributed by atoms with van der Waals surface area (Å²) in [5.41, 5.74) is 0.735. The minimum Gasteiger partial charge on any atom is -0.444 e. The molecule has 3 saturated heterocycles. The van der Waals surface area contributed by atoms with E-state index >= 15 is 0 Å². The zero-order valence-corrected chi connectivity index (χ0v) is 22.0. The highest BCUT2D eigenvalue weighted by Gasteiger charge is 2.30. The summed E-state index contributed by atoms with van der Waals surface area (Å²) in [6.45, 7) is 11.8. The predicted molar refractivity (Wildman–Crippen MR) is 137 cm³/mol. The van der Waals surface area contributed by atoms with Crippen LogP contribution in [-0.4, -0.2) is 96.1 Å². The SMILES string of the molecule is CC(C)(C)OC(=O)N1CCC(CN2CCN(c3ccc(C(=O)NC4CCC(=O)NC4=O)nc3)CC2)CC1. The molecule has 1 atom stereocenters. The zero-order chi connectivity index (χ0) is 26.6. The molecule has 202 valence electrons. The summed E-state index contributed by atoms with van der Waals surface area (Å²) in [6.07, 6.45) is 3.97. The monoisotopic (exact) mass is 514 g/mol. The molecule has 0 radical (unpaired) electrons. The van der Waals surface area contributed by atoms with Gasteiger partial charge in [-0.2, -0.15) is 0 Å². The van der Waals surface area contributed by atoms with Gasteiger partial charge < -0.3 is 19.9 Å². The molecule has 4 amide bonds. The second kappa shape index (κ2) is 11.5. The van der Waals surface area contributed by atoms with E-state index in [0.29, 0.717) is 12.3 Å². The fourth-order valence-electron chi connectivity index (χ4n) is 4.95. The normalized spacial score (nSPS) is 22.0. The van der Waals surface area contributed by atoms with Crippen LogP contribution < -0.4 is 15.5 Å². The lowest BCUT2D eigenvalue weighted by Crippen LogP contribution is -2.52. The van der Waals surface area contributed by atoms with Crippen molar-refractivity contribution in [1.29, 1.82) is 0 Å². The molecule has 1 unspecified atom stereocenters. The van der Waals surface area contributed by atoms with Gasteiger partial charge in [0.15, 0.2) is 0 Å². The van der Waals surface area contributed by atoms with Crippen LogP contribution >= 0.6 is 0 Å². The van der Waals surface area contributed by atoms with E-state index in [9.17, 15) is 19.2 Å². The standard InChI is InChI=1S/C26H38N6O5/c1-26(2,3)37-25(36)32-10-8-18(9-11-32)17-30-12-14-31(15-13-30)19-4-5-20(27-16-19)23(34)28-21-6-7-22(33)29-24(21)35/h4-5,16,18,21H,6-15,17H2,1-3H3,(H,28,34)(H,29,33,35). The van der Waals surface area contributed by atoms with Crippen molar-refractivity contribution in [3.63, 3.8) is 0 Å². The Morgan fingerprint density at radius 1 is 1.05 bits per heavy atom. The molecule has 3 aliphatic rings. The highest BCUT2D eigenvalue weighted by molar-refractivity contribution is 6.03. The first kappa shape index (κ1) is 26.8. The van der Waals surface area contributed by atoms with Crippen molar-refractivity contribution in [2.75, 3.05) is 50.7 Å². The Morgan fingerprint density at radius 3 is 2.35 bits per heavy atom. The molecule has 0 spiro atoms. The van der Waals surface area contributed by atoms with Crippen LogP contribution in [0.25, 0.3) is 0 Å². The van der Waals surface area contributed by atoms with Gasteiger partial charge in [-0.3, -0.25) is 24.6 Å². The van der Waals surface area contributed by atoms with Crippen molar-refractivity contribution in [2.24, 2.45) is 5.92 Å². The number of rotatable bonds is 5. The average molecular weight is 515 g/mol. The Kier molecular flexibility index (Phi) is 8.31. The zero-order valence-electron chi connectivity index (χ0n) is 22.0. The minimum absolute atomic E-state index is 0.209. The number of anilines is 1. The minimum atomic E-state index is -0.718. The van der Waals surface area contributed by atoms with Gasteiger partial charge in [-0.1, -0.05) is 0 Å². The Hall–Kier alpha value is -3.21. The smallest absolute Gasteiger partial charge is 0.410 e. The third-order valence-corrected chi connectivity index (χ3v) is 7.05. The number of carbonyl (C=O) groups excluding carboxylic acids is 4. The van der Waals surface area contributed by atoms with E-state index in [2.05, 4.69) is 25.4 Å². The number of ether oxygens (including phenoxy) is 1. The summed E-state index contributed by atoms with van der Waals surface area (Å²) in [5, 5.41) is 4.89. The number of imide groups is 1. The van der Waals surface area contributed by atoms with Crippen LogP contribution in [-0.2, 0) is 14.3 Å². The van der Waals surface area contributed by atoms with Gasteiger partial charge in [0.2, 0.25) is 11.8 Å². The molecule has 3 fully saturated rings. The van der Waals surface area contributed by atoms with Gasteiger partial charge in [0.05, 0.1) is 11.9 Å². The van der Waals surface area contributed by atoms with Crippen molar-refractivity contribution < 1.29 is 23.9 Å². The maximum absolute atomic E-state index is 12.5. The molecule has 4 rings (SSSR count). The fraction of sp³-hybridized carbons (Fsp3) is 0.654. The maximum Gasteiger partial charge on any atom is 0.410 e. The van der Waals surface area contributed by atoms with Crippen molar-refractivity contribution in [3.05, 3.63) is 24.0 Å². The molecule has 11 heteroatoms. The van der Waals surface area contributed by atoms with E-state index in [-0.39, 0.29) is 24.1 Å². The van der Waals surface area contributed by atoms with E-state index in [1.807, 2.05) is 31.7 Å². The first-order valence-electron chi connectivity index (χ1n) is 13.1. The van der Waals surface area contributed by atoms with Crippen LogP contribution in [0.1, 0.15) is 56.9 Å². The second-order valence-corrected chi connectivity index (χ2v) is 11.1.